The van der Waals surface area contributed by atoms with Crippen molar-refractivity contribution < 1.29 is 19.4 Å². The molecule has 4 aromatic rings. The largest absolute Gasteiger partial charge is 0.486 e. The lowest BCUT2D eigenvalue weighted by Crippen LogP contribution is -2.50. The summed E-state index contributed by atoms with van der Waals surface area (Å²) in [6.45, 7) is 5.89. The number of benzene rings is 1. The highest BCUT2D eigenvalue weighted by molar-refractivity contribution is 5.85. The molecule has 1 amide bonds. The lowest BCUT2D eigenvalue weighted by atomic mass is 10.0. The zero-order valence-electron chi connectivity index (χ0n) is 22.8. The van der Waals surface area contributed by atoms with E-state index in [1.165, 1.54) is 6.20 Å². The van der Waals surface area contributed by atoms with Crippen LogP contribution in [-0.4, -0.2) is 76.0 Å². The van der Waals surface area contributed by atoms with Crippen molar-refractivity contribution in [2.75, 3.05) is 38.2 Å². The minimum atomic E-state index is -0.651. The molecular weight excluding hydrogens is 508 g/mol. The molecule has 5 rings (SSSR count). The van der Waals surface area contributed by atoms with Crippen LogP contribution < -0.4 is 9.64 Å². The molecule has 1 aromatic carbocycles. The van der Waals surface area contributed by atoms with Crippen LogP contribution in [0.25, 0.3) is 16.6 Å². The predicted octanol–water partition coefficient (Wildman–Crippen LogP) is 3.45. The summed E-state index contributed by atoms with van der Waals surface area (Å²) in [5.74, 6) is 1.29. The molecule has 10 heteroatoms. The molecule has 4 heterocycles. The molecule has 1 aliphatic heterocycles. The number of ether oxygens (including phenoxy) is 2. The number of aliphatic hydroxyl groups is 1. The van der Waals surface area contributed by atoms with Gasteiger partial charge in [0.2, 0.25) is 0 Å². The van der Waals surface area contributed by atoms with Crippen molar-refractivity contribution in [3.63, 3.8) is 0 Å². The fourth-order valence-electron chi connectivity index (χ4n) is 4.84. The van der Waals surface area contributed by atoms with Gasteiger partial charge in [-0.1, -0.05) is 30.3 Å². The Morgan fingerprint density at radius 3 is 2.45 bits per heavy atom. The number of methoxy groups -OCH3 is 1. The summed E-state index contributed by atoms with van der Waals surface area (Å²) >= 11 is 0. The predicted molar refractivity (Wildman–Crippen MR) is 150 cm³/mol. The number of hydrogen-bond acceptors (Lipinski definition) is 8. The van der Waals surface area contributed by atoms with Crippen LogP contribution in [0.2, 0.25) is 0 Å². The van der Waals surface area contributed by atoms with E-state index in [0.717, 1.165) is 22.5 Å². The fraction of sp³-hybridized carbons (Fsp3) is 0.333. The number of amides is 1. The highest BCUT2D eigenvalue weighted by Gasteiger charge is 2.29. The Hall–Kier alpha value is -4.46. The Morgan fingerprint density at radius 2 is 1.82 bits per heavy atom. The number of aromatic nitrogens is 3. The average molecular weight is 541 g/mol. The van der Waals surface area contributed by atoms with Gasteiger partial charge in [-0.05, 0) is 37.6 Å². The van der Waals surface area contributed by atoms with Gasteiger partial charge in [0.25, 0.3) is 5.91 Å². The van der Waals surface area contributed by atoms with Crippen molar-refractivity contribution in [1.29, 1.82) is 5.26 Å². The maximum Gasteiger partial charge on any atom is 0.256 e. The van der Waals surface area contributed by atoms with E-state index in [2.05, 4.69) is 16.1 Å². The molecule has 10 nitrogen and oxygen atoms in total. The molecular formula is C30H32N6O4. The van der Waals surface area contributed by atoms with Gasteiger partial charge >= 0.3 is 0 Å². The molecule has 1 saturated heterocycles. The quantitative estimate of drug-likeness (QED) is 0.361. The number of fused-ring (bicyclic) bond motifs is 1. The third-order valence-corrected chi connectivity index (χ3v) is 7.24. The van der Waals surface area contributed by atoms with Crippen LogP contribution in [-0.2, 0) is 9.53 Å². The fourth-order valence-corrected chi connectivity index (χ4v) is 4.84. The Balaban J connectivity index is 1.32. The number of pyridine rings is 2. The van der Waals surface area contributed by atoms with Crippen LogP contribution in [0.5, 0.6) is 5.75 Å². The zero-order chi connectivity index (χ0) is 28.2. The number of rotatable bonds is 8. The van der Waals surface area contributed by atoms with E-state index in [-0.39, 0.29) is 5.91 Å². The smallest absolute Gasteiger partial charge is 0.256 e. The standard InChI is InChI=1S/C30H32N6O4/c1-20(37)21(2)40-25-15-26(28-24(16-31)18-33-36(28)19-25)23-9-10-27(32-17-23)34-11-13-35(14-12-34)30(38)29(39-3)22-7-5-4-6-8-22/h4-10,15,17-21,29,37H,11-14H2,1-3H3/t20-,21?,29-/m1/s1. The molecule has 0 aliphatic carbocycles. The number of anilines is 1. The van der Waals surface area contributed by atoms with Crippen LogP contribution in [0, 0.1) is 11.3 Å². The van der Waals surface area contributed by atoms with Crippen LogP contribution in [0.15, 0.2) is 67.1 Å². The summed E-state index contributed by atoms with van der Waals surface area (Å²) in [5.41, 5.74) is 3.51. The monoisotopic (exact) mass is 540 g/mol. The van der Waals surface area contributed by atoms with Crippen molar-refractivity contribution >= 4 is 17.2 Å². The maximum atomic E-state index is 13.2. The lowest BCUT2D eigenvalue weighted by Gasteiger charge is -2.36. The van der Waals surface area contributed by atoms with Crippen LogP contribution in [0.1, 0.15) is 31.1 Å². The Kier molecular flexibility index (Phi) is 7.96. The Bertz CT molecular complexity index is 1510. The second kappa shape index (κ2) is 11.7. The van der Waals surface area contributed by atoms with Crippen molar-refractivity contribution in [3.8, 4) is 22.9 Å². The number of aliphatic hydroxyl groups excluding tert-OH is 1. The third kappa shape index (κ3) is 5.47. The Labute approximate surface area is 233 Å². The molecule has 3 atom stereocenters. The average Bonchev–Trinajstić information content (AvgIpc) is 3.41. The van der Waals surface area contributed by atoms with E-state index in [1.54, 1.807) is 37.9 Å². The molecule has 0 bridgehead atoms. The number of carbonyl (C=O) groups is 1. The summed E-state index contributed by atoms with van der Waals surface area (Å²) in [6.07, 6.45) is 3.31. The van der Waals surface area contributed by atoms with Gasteiger partial charge in [0.15, 0.2) is 6.10 Å². The van der Waals surface area contributed by atoms with Crippen LogP contribution in [0.4, 0.5) is 5.82 Å². The molecule has 40 heavy (non-hydrogen) atoms. The minimum absolute atomic E-state index is 0.0400. The molecule has 3 aromatic heterocycles. The molecule has 1 fully saturated rings. The number of nitrogens with zero attached hydrogens (tertiary/aromatic N) is 6. The van der Waals surface area contributed by atoms with E-state index in [0.29, 0.717) is 43.0 Å². The van der Waals surface area contributed by atoms with Crippen molar-refractivity contribution in [3.05, 3.63) is 78.2 Å². The first-order valence-electron chi connectivity index (χ1n) is 13.2. The second-order valence-corrected chi connectivity index (χ2v) is 9.86. The summed E-state index contributed by atoms with van der Waals surface area (Å²) in [6, 6.07) is 17.5. The van der Waals surface area contributed by atoms with Gasteiger partial charge in [0, 0.05) is 50.6 Å². The normalized spacial score (nSPS) is 15.9. The number of piperazine rings is 1. The first-order chi connectivity index (χ1) is 19.4. The van der Waals surface area contributed by atoms with Gasteiger partial charge in [-0.25, -0.2) is 9.50 Å². The number of carbonyl (C=O) groups excluding carboxylic acids is 1. The highest BCUT2D eigenvalue weighted by Crippen LogP contribution is 2.32. The maximum absolute atomic E-state index is 13.2. The van der Waals surface area contributed by atoms with Crippen molar-refractivity contribution in [1.82, 2.24) is 19.5 Å². The molecule has 1 N–H and O–H groups in total. The first-order valence-corrected chi connectivity index (χ1v) is 13.2. The molecule has 0 radical (unpaired) electrons. The van der Waals surface area contributed by atoms with Gasteiger partial charge in [0.05, 0.1) is 29.6 Å². The van der Waals surface area contributed by atoms with E-state index >= 15 is 0 Å². The Morgan fingerprint density at radius 1 is 1.07 bits per heavy atom. The lowest BCUT2D eigenvalue weighted by molar-refractivity contribution is -0.142. The summed E-state index contributed by atoms with van der Waals surface area (Å²) in [4.78, 5) is 21.9. The van der Waals surface area contributed by atoms with E-state index in [1.807, 2.05) is 53.4 Å². The molecule has 1 aliphatic rings. The van der Waals surface area contributed by atoms with E-state index in [4.69, 9.17) is 14.5 Å². The summed E-state index contributed by atoms with van der Waals surface area (Å²) < 4.78 is 13.1. The topological polar surface area (TPSA) is 116 Å². The van der Waals surface area contributed by atoms with Gasteiger partial charge in [-0.3, -0.25) is 4.79 Å². The summed E-state index contributed by atoms with van der Waals surface area (Å²) in [7, 11) is 1.56. The highest BCUT2D eigenvalue weighted by atomic mass is 16.5. The van der Waals surface area contributed by atoms with Crippen molar-refractivity contribution in [2.45, 2.75) is 32.2 Å². The van der Waals surface area contributed by atoms with Gasteiger partial charge in [-0.2, -0.15) is 10.4 Å². The SMILES string of the molecule is CO[C@@H](C(=O)N1CCN(c2ccc(-c3cc(OC(C)[C@@H](C)O)cn4ncc(C#N)c34)cn2)CC1)c1ccccc1. The summed E-state index contributed by atoms with van der Waals surface area (Å²) in [5, 5.41) is 23.9. The van der Waals surface area contributed by atoms with Crippen LogP contribution >= 0.6 is 0 Å². The zero-order valence-corrected chi connectivity index (χ0v) is 22.8. The van der Waals surface area contributed by atoms with E-state index in [9.17, 15) is 15.2 Å². The molecule has 1 unspecified atom stereocenters. The number of nitriles is 1. The first kappa shape index (κ1) is 27.1. The minimum Gasteiger partial charge on any atom is -0.486 e. The van der Waals surface area contributed by atoms with E-state index < -0.39 is 18.3 Å². The third-order valence-electron chi connectivity index (χ3n) is 7.24. The van der Waals surface area contributed by atoms with Crippen molar-refractivity contribution in [2.24, 2.45) is 0 Å². The van der Waals surface area contributed by atoms with Gasteiger partial charge in [0.1, 0.15) is 23.7 Å². The number of hydrogen-bond donors (Lipinski definition) is 1. The molecule has 0 saturated carbocycles. The molecule has 0 spiro atoms. The van der Waals surface area contributed by atoms with Gasteiger partial charge in [-0.15, -0.1) is 0 Å². The van der Waals surface area contributed by atoms with Gasteiger partial charge < -0.3 is 24.4 Å². The molecule has 206 valence electrons. The second-order valence-electron chi connectivity index (χ2n) is 9.86. The van der Waals surface area contributed by atoms with Crippen LogP contribution in [0.3, 0.4) is 0 Å².